The predicted molar refractivity (Wildman–Crippen MR) is 35.3 cm³/mol. The third-order valence-corrected chi connectivity index (χ3v) is 0.230. The van der Waals surface area contributed by atoms with Crippen molar-refractivity contribution < 1.29 is 112 Å². The number of ether oxygens (including phenoxy) is 1. The molecule has 0 spiro atoms. The van der Waals surface area contributed by atoms with E-state index in [0.29, 0.717) is 13.9 Å². The van der Waals surface area contributed by atoms with E-state index in [4.69, 9.17) is 0 Å². The average molecular weight is 407 g/mol. The van der Waals surface area contributed by atoms with Gasteiger partial charge in [0.15, 0.2) is 0 Å². The summed E-state index contributed by atoms with van der Waals surface area (Å²) < 4.78 is 24.5. The molecule has 0 heterocycles. The molecule has 0 unspecified atom stereocenters. The van der Waals surface area contributed by atoms with Gasteiger partial charge in [0.2, 0.25) is 0 Å². The molecular formula is C6H14F2OY3-2. The number of halogens is 2. The van der Waals surface area contributed by atoms with Gasteiger partial charge in [-0.25, -0.2) is 0 Å². The minimum absolute atomic E-state index is 0. The Balaban J connectivity index is -0.0000000116. The van der Waals surface area contributed by atoms with Gasteiger partial charge in [0.05, 0.1) is 7.18 Å². The molecule has 0 aromatic carbocycles. The average Bonchev–Trinajstić information content (AvgIpc) is 1.98. The summed E-state index contributed by atoms with van der Waals surface area (Å²) >= 11 is 0. The fourth-order valence-corrected chi connectivity index (χ4v) is 0.0630. The molecule has 0 rings (SSSR count). The number of alkyl halides is 1. The molecule has 0 atom stereocenters. The first-order valence-corrected chi connectivity index (χ1v) is 2.41. The molecule has 0 saturated heterocycles. The van der Waals surface area contributed by atoms with Crippen molar-refractivity contribution in [2.75, 3.05) is 20.9 Å². The van der Waals surface area contributed by atoms with E-state index in [1.54, 1.807) is 6.92 Å². The second-order valence-corrected chi connectivity index (χ2v) is 0.610. The minimum atomic E-state index is 0. The fraction of sp³-hybridized carbons (Fsp3) is 0.667. The SMILES string of the molecule is CF.COC[CH-]F.[CH2-]C.[Y].[Y].[Y]. The maximum absolute atomic E-state index is 10.7. The molecule has 0 fully saturated rings. The normalized spacial score (nSPS) is 4.50. The van der Waals surface area contributed by atoms with Crippen LogP contribution in [-0.4, -0.2) is 20.9 Å². The maximum atomic E-state index is 10.7. The van der Waals surface area contributed by atoms with E-state index in [9.17, 15) is 8.78 Å². The fourth-order valence-electron chi connectivity index (χ4n) is 0.0630. The molecule has 69 valence electrons. The topological polar surface area (TPSA) is 9.23 Å². The molecule has 0 aliphatic heterocycles. The number of hydrogen-bond acceptors (Lipinski definition) is 1. The van der Waals surface area contributed by atoms with E-state index in [1.165, 1.54) is 7.11 Å². The third kappa shape index (κ3) is 73.4. The van der Waals surface area contributed by atoms with Crippen LogP contribution in [0.4, 0.5) is 8.78 Å². The standard InChI is InChI=1S/C3H6FO.C2H5.CH3F.3Y/c1-5-3-2-4;2*1-2;;;/h2H,3H2,1H3;1H2,2H3;1H3;;;/q2*-1;;;;. The van der Waals surface area contributed by atoms with Gasteiger partial charge in [-0.3, -0.25) is 4.39 Å². The summed E-state index contributed by atoms with van der Waals surface area (Å²) in [4.78, 5) is 0. The van der Waals surface area contributed by atoms with Crippen LogP contribution >= 0.6 is 0 Å². The first-order valence-electron chi connectivity index (χ1n) is 2.41. The molecule has 0 aliphatic rings. The molecule has 3 radical (unpaired) electrons. The van der Waals surface area contributed by atoms with Crippen molar-refractivity contribution in [3.05, 3.63) is 13.6 Å². The minimum Gasteiger partial charge on any atom is -0.457 e. The summed E-state index contributed by atoms with van der Waals surface area (Å²) in [5.74, 6) is 0. The van der Waals surface area contributed by atoms with Crippen molar-refractivity contribution in [2.24, 2.45) is 0 Å². The molecule has 0 amide bonds. The van der Waals surface area contributed by atoms with Gasteiger partial charge in [-0.1, -0.05) is 6.61 Å². The summed E-state index contributed by atoms with van der Waals surface area (Å²) in [5, 5.41) is 0. The van der Waals surface area contributed by atoms with Crippen molar-refractivity contribution in [1.82, 2.24) is 0 Å². The van der Waals surface area contributed by atoms with E-state index >= 15 is 0 Å². The number of rotatable bonds is 2. The Labute approximate surface area is 150 Å². The van der Waals surface area contributed by atoms with E-state index in [1.807, 2.05) is 0 Å². The zero-order valence-electron chi connectivity index (χ0n) is 7.89. The third-order valence-electron chi connectivity index (χ3n) is 0.230. The maximum Gasteiger partial charge on any atom is 0.0785 e. The van der Waals surface area contributed by atoms with Crippen LogP contribution in [-0.2, 0) is 103 Å². The zero-order chi connectivity index (χ0) is 8.12. The molecule has 1 nitrogen and oxygen atoms in total. The monoisotopic (exact) mass is 407 g/mol. The van der Waals surface area contributed by atoms with Crippen LogP contribution in [0.1, 0.15) is 6.92 Å². The van der Waals surface area contributed by atoms with Crippen LogP contribution in [0.2, 0.25) is 0 Å². The summed E-state index contributed by atoms with van der Waals surface area (Å²) in [6.45, 7) is 5.56. The van der Waals surface area contributed by atoms with Crippen molar-refractivity contribution >= 4 is 0 Å². The van der Waals surface area contributed by atoms with E-state index in [2.05, 4.69) is 11.7 Å². The zero-order valence-corrected chi connectivity index (χ0v) is 16.4. The smallest absolute Gasteiger partial charge is 0.0785 e. The molecule has 6 heteroatoms. The molecule has 0 saturated carbocycles. The summed E-state index contributed by atoms with van der Waals surface area (Å²) in [5.41, 5.74) is 0. The van der Waals surface area contributed by atoms with Gasteiger partial charge in [-0.15, -0.1) is 6.67 Å². The van der Waals surface area contributed by atoms with Crippen molar-refractivity contribution in [3.63, 3.8) is 0 Å². The van der Waals surface area contributed by atoms with E-state index in [0.717, 1.165) is 0 Å². The van der Waals surface area contributed by atoms with Crippen LogP contribution in [0, 0.1) is 13.6 Å². The van der Waals surface area contributed by atoms with E-state index < -0.39 is 0 Å². The molecule has 0 aliphatic carbocycles. The number of methoxy groups -OCH3 is 1. The van der Waals surface area contributed by atoms with Gasteiger partial charge in [-0.05, 0) is 0 Å². The Morgan fingerprint density at radius 1 is 1.17 bits per heavy atom. The van der Waals surface area contributed by atoms with Crippen LogP contribution in [0.3, 0.4) is 0 Å². The quantitative estimate of drug-likeness (QED) is 0.639. The van der Waals surface area contributed by atoms with Crippen LogP contribution in [0.5, 0.6) is 0 Å². The second-order valence-electron chi connectivity index (χ2n) is 0.610. The van der Waals surface area contributed by atoms with Crippen LogP contribution in [0.15, 0.2) is 0 Å². The van der Waals surface area contributed by atoms with Gasteiger partial charge in [-0.2, -0.15) is 6.92 Å². The van der Waals surface area contributed by atoms with Crippen LogP contribution < -0.4 is 0 Å². The van der Waals surface area contributed by atoms with Gasteiger partial charge in [0.1, 0.15) is 0 Å². The molecule has 12 heavy (non-hydrogen) atoms. The Kier molecular flexibility index (Phi) is 196. The molecule has 0 N–H and O–H groups in total. The Bertz CT molecular complexity index is 28.3. The Morgan fingerprint density at radius 2 is 1.42 bits per heavy atom. The van der Waals surface area contributed by atoms with Crippen molar-refractivity contribution in [3.8, 4) is 0 Å². The Morgan fingerprint density at radius 3 is 1.42 bits per heavy atom. The van der Waals surface area contributed by atoms with Crippen LogP contribution in [0.25, 0.3) is 0 Å². The Hall–Kier alpha value is 3.13. The first kappa shape index (κ1) is 36.2. The van der Waals surface area contributed by atoms with Gasteiger partial charge in [0.25, 0.3) is 0 Å². The number of hydrogen-bond donors (Lipinski definition) is 0. The van der Waals surface area contributed by atoms with Gasteiger partial charge < -0.3 is 16.1 Å². The molecule has 0 aromatic rings. The van der Waals surface area contributed by atoms with Crippen molar-refractivity contribution in [2.45, 2.75) is 6.92 Å². The largest absolute Gasteiger partial charge is 0.457 e. The summed E-state index contributed by atoms with van der Waals surface area (Å²) in [6, 6.07) is 0. The van der Waals surface area contributed by atoms with Gasteiger partial charge >= 0.3 is 0 Å². The van der Waals surface area contributed by atoms with Crippen molar-refractivity contribution in [1.29, 1.82) is 0 Å². The van der Waals surface area contributed by atoms with E-state index in [-0.39, 0.29) is 105 Å². The molecule has 0 bridgehead atoms. The van der Waals surface area contributed by atoms with Gasteiger partial charge in [0, 0.05) is 105 Å². The predicted octanol–water partition coefficient (Wildman–Crippen LogP) is 2.18. The second kappa shape index (κ2) is 64.8. The summed E-state index contributed by atoms with van der Waals surface area (Å²) in [7, 11) is 1.94. The summed E-state index contributed by atoms with van der Waals surface area (Å²) in [6.07, 6.45) is 0. The molecular weight excluding hydrogens is 393 g/mol. The first-order chi connectivity index (χ1) is 4.41. The molecule has 0 aromatic heterocycles.